The molecular weight excluding hydrogens is 408 g/mol. The minimum atomic E-state index is -1.07. The number of aromatic carboxylic acids is 1. The minimum absolute atomic E-state index is 0.0607. The number of carbonyl (C=O) groups is 2. The molecule has 2 aromatic carbocycles. The van der Waals surface area contributed by atoms with E-state index >= 15 is 0 Å². The molecule has 32 heavy (non-hydrogen) atoms. The highest BCUT2D eigenvalue weighted by atomic mass is 16.5. The quantitative estimate of drug-likeness (QED) is 0.486. The third-order valence-corrected chi connectivity index (χ3v) is 5.14. The molecule has 0 aromatic heterocycles. The molecule has 2 N–H and O–H groups in total. The Hall–Kier alpha value is -3.02. The summed E-state index contributed by atoms with van der Waals surface area (Å²) >= 11 is 0. The zero-order chi connectivity index (χ0) is 24.1. The number of rotatable bonds is 9. The van der Waals surface area contributed by atoms with E-state index in [-0.39, 0.29) is 17.4 Å². The summed E-state index contributed by atoms with van der Waals surface area (Å²) in [6.07, 6.45) is -0.307. The summed E-state index contributed by atoms with van der Waals surface area (Å²) in [7, 11) is 0. The van der Waals surface area contributed by atoms with Crippen molar-refractivity contribution in [2.75, 3.05) is 6.61 Å². The highest BCUT2D eigenvalue weighted by Gasteiger charge is 2.26. The van der Waals surface area contributed by atoms with Gasteiger partial charge >= 0.3 is 11.9 Å². The van der Waals surface area contributed by atoms with Gasteiger partial charge in [0.2, 0.25) is 0 Å². The normalized spacial score (nSPS) is 12.8. The third-order valence-electron chi connectivity index (χ3n) is 5.14. The number of carboxylic acid groups (broad SMARTS) is 2. The maximum Gasteiger partial charge on any atom is 0.344 e. The van der Waals surface area contributed by atoms with Crippen LogP contribution in [0.4, 0.5) is 0 Å². The maximum absolute atomic E-state index is 11.8. The predicted octanol–water partition coefficient (Wildman–Crippen LogP) is 5.67. The van der Waals surface area contributed by atoms with E-state index in [1.54, 1.807) is 6.07 Å². The van der Waals surface area contributed by atoms with E-state index in [0.717, 1.165) is 11.3 Å². The second kappa shape index (κ2) is 10.1. The van der Waals surface area contributed by atoms with Crippen LogP contribution >= 0.6 is 0 Å². The number of para-hydroxylation sites is 1. The molecule has 0 aliphatic rings. The molecule has 0 amide bonds. The molecule has 0 saturated carbocycles. The summed E-state index contributed by atoms with van der Waals surface area (Å²) in [6.45, 7) is 12.5. The van der Waals surface area contributed by atoms with Crippen LogP contribution in [0, 0.1) is 0 Å². The van der Waals surface area contributed by atoms with Crippen LogP contribution in [-0.4, -0.2) is 34.9 Å². The first-order valence-corrected chi connectivity index (χ1v) is 10.8. The molecule has 0 aliphatic heterocycles. The smallest absolute Gasteiger partial charge is 0.344 e. The zero-order valence-electron chi connectivity index (χ0n) is 19.8. The van der Waals surface area contributed by atoms with Crippen molar-refractivity contribution in [3.8, 4) is 11.5 Å². The van der Waals surface area contributed by atoms with Crippen molar-refractivity contribution in [3.63, 3.8) is 0 Å². The fraction of sp³-hybridized carbons (Fsp3) is 0.462. The molecule has 2 rings (SSSR count). The number of benzene rings is 2. The fourth-order valence-corrected chi connectivity index (χ4v) is 3.40. The number of ether oxygens (including phenoxy) is 2. The fourth-order valence-electron chi connectivity index (χ4n) is 3.40. The van der Waals surface area contributed by atoms with E-state index in [2.05, 4.69) is 20.8 Å². The summed E-state index contributed by atoms with van der Waals surface area (Å²) in [4.78, 5) is 23.2. The van der Waals surface area contributed by atoms with Gasteiger partial charge in [-0.3, -0.25) is 0 Å². The van der Waals surface area contributed by atoms with Crippen LogP contribution in [0.1, 0.15) is 75.9 Å². The van der Waals surface area contributed by atoms with Gasteiger partial charge in [0.15, 0.2) is 6.10 Å². The first-order chi connectivity index (χ1) is 14.8. The van der Waals surface area contributed by atoms with Gasteiger partial charge in [-0.25, -0.2) is 9.59 Å². The standard InChI is InChI=1S/C26H34O6/c1-25(2,3)18-10-7-8-11-20(18)31-15-9-12-22(24(29)30)32-21-14-13-17(23(27)28)16-19(21)26(4,5)6/h7-8,10-11,13-14,16,22H,9,12,15H2,1-6H3,(H,27,28)(H,29,30). The SMILES string of the molecule is CC(C)(C)c1ccccc1OCCCC(Oc1ccc(C(=O)O)cc1C(C)(C)C)C(=O)O. The molecule has 2 aromatic rings. The summed E-state index contributed by atoms with van der Waals surface area (Å²) in [5, 5.41) is 19.0. The molecule has 0 spiro atoms. The minimum Gasteiger partial charge on any atom is -0.493 e. The predicted molar refractivity (Wildman–Crippen MR) is 124 cm³/mol. The van der Waals surface area contributed by atoms with Crippen molar-refractivity contribution in [3.05, 3.63) is 59.2 Å². The van der Waals surface area contributed by atoms with Gasteiger partial charge in [-0.05, 0) is 53.5 Å². The number of aliphatic carboxylic acids is 1. The van der Waals surface area contributed by atoms with E-state index in [1.165, 1.54) is 12.1 Å². The Balaban J connectivity index is 2.09. The van der Waals surface area contributed by atoms with Gasteiger partial charge in [0.25, 0.3) is 0 Å². The molecule has 6 heteroatoms. The Kier molecular flexibility index (Phi) is 7.94. The lowest BCUT2D eigenvalue weighted by molar-refractivity contribution is -0.145. The van der Waals surface area contributed by atoms with Crippen LogP contribution in [0.15, 0.2) is 42.5 Å². The molecule has 1 atom stereocenters. The van der Waals surface area contributed by atoms with Crippen LogP contribution in [0.25, 0.3) is 0 Å². The van der Waals surface area contributed by atoms with Crippen molar-refractivity contribution in [1.29, 1.82) is 0 Å². The molecule has 0 heterocycles. The van der Waals surface area contributed by atoms with Gasteiger partial charge in [-0.2, -0.15) is 0 Å². The van der Waals surface area contributed by atoms with Gasteiger partial charge in [-0.15, -0.1) is 0 Å². The van der Waals surface area contributed by atoms with Crippen LogP contribution < -0.4 is 9.47 Å². The van der Waals surface area contributed by atoms with Gasteiger partial charge < -0.3 is 19.7 Å². The van der Waals surface area contributed by atoms with Crippen molar-refractivity contribution in [2.45, 2.75) is 71.3 Å². The largest absolute Gasteiger partial charge is 0.493 e. The van der Waals surface area contributed by atoms with Gasteiger partial charge in [0.1, 0.15) is 11.5 Å². The molecule has 0 fully saturated rings. The monoisotopic (exact) mass is 442 g/mol. The van der Waals surface area contributed by atoms with E-state index in [1.807, 2.05) is 45.0 Å². The van der Waals surface area contributed by atoms with Crippen LogP contribution in [0.5, 0.6) is 11.5 Å². The van der Waals surface area contributed by atoms with Gasteiger partial charge in [0, 0.05) is 5.56 Å². The number of hydrogen-bond donors (Lipinski definition) is 2. The topological polar surface area (TPSA) is 93.1 Å². The zero-order valence-corrected chi connectivity index (χ0v) is 19.8. The van der Waals surface area contributed by atoms with Crippen LogP contribution in [0.2, 0.25) is 0 Å². The average molecular weight is 443 g/mol. The first kappa shape index (κ1) is 25.2. The van der Waals surface area contributed by atoms with Crippen LogP contribution in [0.3, 0.4) is 0 Å². The number of carboxylic acids is 2. The van der Waals surface area contributed by atoms with Crippen molar-refractivity contribution < 1.29 is 29.3 Å². The molecule has 1 unspecified atom stereocenters. The van der Waals surface area contributed by atoms with Crippen molar-refractivity contribution in [1.82, 2.24) is 0 Å². The Morgan fingerprint density at radius 1 is 0.875 bits per heavy atom. The lowest BCUT2D eigenvalue weighted by atomic mass is 9.85. The third kappa shape index (κ3) is 6.74. The molecule has 0 saturated heterocycles. The molecule has 0 radical (unpaired) electrons. The van der Waals surface area contributed by atoms with Gasteiger partial charge in [-0.1, -0.05) is 59.7 Å². The molecular formula is C26H34O6. The Morgan fingerprint density at radius 3 is 2.06 bits per heavy atom. The van der Waals surface area contributed by atoms with Crippen LogP contribution in [-0.2, 0) is 15.6 Å². The lowest BCUT2D eigenvalue weighted by Crippen LogP contribution is -2.29. The highest BCUT2D eigenvalue weighted by Crippen LogP contribution is 2.34. The molecule has 174 valence electrons. The number of hydrogen-bond acceptors (Lipinski definition) is 4. The molecule has 6 nitrogen and oxygen atoms in total. The summed E-state index contributed by atoms with van der Waals surface area (Å²) in [5.41, 5.74) is 1.41. The maximum atomic E-state index is 11.8. The van der Waals surface area contributed by atoms with Crippen molar-refractivity contribution >= 4 is 11.9 Å². The lowest BCUT2D eigenvalue weighted by Gasteiger charge is -2.25. The molecule has 0 bridgehead atoms. The second-order valence-corrected chi connectivity index (χ2v) is 9.95. The van der Waals surface area contributed by atoms with Crippen molar-refractivity contribution in [2.24, 2.45) is 0 Å². The van der Waals surface area contributed by atoms with Gasteiger partial charge in [0.05, 0.1) is 12.2 Å². The Labute approximate surface area is 190 Å². The second-order valence-electron chi connectivity index (χ2n) is 9.95. The Bertz CT molecular complexity index is 950. The van der Waals surface area contributed by atoms with E-state index in [9.17, 15) is 19.8 Å². The molecule has 0 aliphatic carbocycles. The average Bonchev–Trinajstić information content (AvgIpc) is 2.68. The van der Waals surface area contributed by atoms with E-state index in [0.29, 0.717) is 24.3 Å². The first-order valence-electron chi connectivity index (χ1n) is 10.8. The van der Waals surface area contributed by atoms with E-state index < -0.39 is 23.5 Å². The van der Waals surface area contributed by atoms with E-state index in [4.69, 9.17) is 9.47 Å². The summed E-state index contributed by atoms with van der Waals surface area (Å²) in [5.74, 6) is -0.923. The summed E-state index contributed by atoms with van der Waals surface area (Å²) < 4.78 is 11.8. The highest BCUT2D eigenvalue weighted by molar-refractivity contribution is 5.88. The summed E-state index contributed by atoms with van der Waals surface area (Å²) in [6, 6.07) is 12.4. The Morgan fingerprint density at radius 2 is 1.50 bits per heavy atom.